The second kappa shape index (κ2) is 26.7. The zero-order valence-electron chi connectivity index (χ0n) is 29.9. The van der Waals surface area contributed by atoms with Gasteiger partial charge in [-0.2, -0.15) is 0 Å². The quantitative estimate of drug-likeness (QED) is 0.0545. The molecule has 0 heterocycles. The first-order valence-corrected chi connectivity index (χ1v) is 19.1. The van der Waals surface area contributed by atoms with Gasteiger partial charge in [-0.3, -0.25) is 9.98 Å². The number of benzene rings is 2. The van der Waals surface area contributed by atoms with E-state index in [9.17, 15) is 0 Å². The minimum atomic E-state index is 0.960. The number of aliphatic imine (C=N–C) groups is 2. The van der Waals surface area contributed by atoms with Crippen LogP contribution in [-0.4, -0.2) is 11.9 Å². The maximum absolute atomic E-state index is 5.11. The Kier molecular flexibility index (Phi) is 23.0. The van der Waals surface area contributed by atoms with Gasteiger partial charge in [-0.15, -0.1) is 0 Å². The number of nitrogens with zero attached hydrogens (tertiary/aromatic N) is 2. The number of allylic oxidation sites excluding steroid dienone is 2. The Balaban J connectivity index is 1.59. The second-order valence-electron chi connectivity index (χ2n) is 13.3. The van der Waals surface area contributed by atoms with Gasteiger partial charge < -0.3 is 0 Å². The van der Waals surface area contributed by atoms with Crippen LogP contribution in [0.1, 0.15) is 172 Å². The van der Waals surface area contributed by atoms with E-state index in [2.05, 4.69) is 82.3 Å². The third kappa shape index (κ3) is 19.6. The fraction of sp³-hybridized carbons (Fsp3) is 0.628. The lowest BCUT2D eigenvalue weighted by Crippen LogP contribution is -2.00. The van der Waals surface area contributed by atoms with Gasteiger partial charge in [0.2, 0.25) is 0 Å². The Bertz CT molecular complexity index is 1090. The minimum Gasteiger partial charge on any atom is -0.255 e. The summed E-state index contributed by atoms with van der Waals surface area (Å²) < 4.78 is 0. The molecule has 0 aliphatic carbocycles. The Morgan fingerprint density at radius 3 is 1.73 bits per heavy atom. The molecule has 0 aliphatic heterocycles. The van der Waals surface area contributed by atoms with Crippen LogP contribution in [0.2, 0.25) is 0 Å². The van der Waals surface area contributed by atoms with Gasteiger partial charge in [0.05, 0.1) is 17.1 Å². The van der Waals surface area contributed by atoms with Crippen molar-refractivity contribution in [3.63, 3.8) is 0 Å². The lowest BCUT2D eigenvalue weighted by atomic mass is 10.0. The van der Waals surface area contributed by atoms with Crippen molar-refractivity contribution in [1.82, 2.24) is 0 Å². The molecule has 0 aromatic heterocycles. The number of para-hydroxylation sites is 1. The second-order valence-corrected chi connectivity index (χ2v) is 13.3. The predicted molar refractivity (Wildman–Crippen MR) is 203 cm³/mol. The van der Waals surface area contributed by atoms with Crippen molar-refractivity contribution in [3.8, 4) is 0 Å². The van der Waals surface area contributed by atoms with E-state index in [1.807, 2.05) is 6.21 Å². The SMILES string of the molecule is CCCCCCCCCCCCCCCCCCC=CCCCc1ccccc1N=C(C=Nc1ccc(C)c(C)c1)CCCC. The van der Waals surface area contributed by atoms with Crippen LogP contribution in [0.25, 0.3) is 0 Å². The summed E-state index contributed by atoms with van der Waals surface area (Å²) >= 11 is 0. The molecule has 0 saturated heterocycles. The maximum Gasteiger partial charge on any atom is 0.0665 e. The fourth-order valence-corrected chi connectivity index (χ4v) is 5.90. The van der Waals surface area contributed by atoms with Crippen LogP contribution in [0.5, 0.6) is 0 Å². The van der Waals surface area contributed by atoms with E-state index in [0.717, 1.165) is 49.2 Å². The molecule has 0 radical (unpaired) electrons. The highest BCUT2D eigenvalue weighted by Crippen LogP contribution is 2.23. The molecule has 0 spiro atoms. The molecule has 0 aliphatic rings. The molecule has 2 aromatic carbocycles. The molecule has 2 rings (SSSR count). The molecule has 250 valence electrons. The van der Waals surface area contributed by atoms with Crippen LogP contribution >= 0.6 is 0 Å². The van der Waals surface area contributed by atoms with Gasteiger partial charge in [-0.1, -0.05) is 153 Å². The first-order chi connectivity index (χ1) is 22.1. The Labute approximate surface area is 279 Å². The molecule has 2 heteroatoms. The third-order valence-corrected chi connectivity index (χ3v) is 9.10. The van der Waals surface area contributed by atoms with Gasteiger partial charge >= 0.3 is 0 Å². The zero-order valence-corrected chi connectivity index (χ0v) is 29.9. The van der Waals surface area contributed by atoms with Crippen molar-refractivity contribution >= 4 is 23.3 Å². The molecular weight excluding hydrogens is 544 g/mol. The molecule has 0 fully saturated rings. The Hall–Kier alpha value is -2.48. The molecule has 0 saturated carbocycles. The van der Waals surface area contributed by atoms with Gasteiger partial charge in [0, 0.05) is 6.21 Å². The number of hydrogen-bond acceptors (Lipinski definition) is 2. The summed E-state index contributed by atoms with van der Waals surface area (Å²) in [4.78, 5) is 9.89. The third-order valence-electron chi connectivity index (χ3n) is 9.10. The zero-order chi connectivity index (χ0) is 32.2. The number of hydrogen-bond donors (Lipinski definition) is 0. The normalized spacial score (nSPS) is 12.2. The van der Waals surface area contributed by atoms with Crippen LogP contribution in [0.15, 0.2) is 64.6 Å². The summed E-state index contributed by atoms with van der Waals surface area (Å²) in [5.74, 6) is 0. The van der Waals surface area contributed by atoms with Crippen LogP contribution < -0.4 is 0 Å². The molecule has 2 aromatic rings. The van der Waals surface area contributed by atoms with Crippen molar-refractivity contribution < 1.29 is 0 Å². The summed E-state index contributed by atoms with van der Waals surface area (Å²) in [6, 6.07) is 15.1. The highest BCUT2D eigenvalue weighted by molar-refractivity contribution is 6.31. The minimum absolute atomic E-state index is 0.960. The summed E-state index contributed by atoms with van der Waals surface area (Å²) in [6.45, 7) is 8.83. The van der Waals surface area contributed by atoms with E-state index >= 15 is 0 Å². The van der Waals surface area contributed by atoms with Crippen molar-refractivity contribution in [1.29, 1.82) is 0 Å². The van der Waals surface area contributed by atoms with Crippen molar-refractivity contribution in [2.45, 2.75) is 175 Å². The van der Waals surface area contributed by atoms with E-state index in [0.29, 0.717) is 0 Å². The molecule has 2 nitrogen and oxygen atoms in total. The standard InChI is InChI=1S/C43H68N2/c1-5-7-9-10-11-12-13-14-15-16-17-18-19-20-21-22-23-24-25-26-27-30-40-31-28-29-33-43(40)45-42(32-8-6-2)37-44-41-35-34-38(3)39(4)36-41/h24-25,28-29,31,33-37H,5-23,26-27,30,32H2,1-4H3. The molecule has 0 N–H and O–H groups in total. The average Bonchev–Trinajstić information content (AvgIpc) is 3.05. The van der Waals surface area contributed by atoms with E-state index in [1.54, 1.807) is 0 Å². The lowest BCUT2D eigenvalue weighted by Gasteiger charge is -2.07. The van der Waals surface area contributed by atoms with Gasteiger partial charge in [-0.05, 0) is 93.7 Å². The van der Waals surface area contributed by atoms with Crippen molar-refractivity contribution in [2.75, 3.05) is 0 Å². The van der Waals surface area contributed by atoms with Crippen molar-refractivity contribution in [2.24, 2.45) is 9.98 Å². The van der Waals surface area contributed by atoms with E-state index in [1.165, 1.54) is 132 Å². The summed E-state index contributed by atoms with van der Waals surface area (Å²) in [5.41, 5.74) is 7.10. The van der Waals surface area contributed by atoms with Crippen LogP contribution in [-0.2, 0) is 6.42 Å². The highest BCUT2D eigenvalue weighted by atomic mass is 14.8. The first-order valence-electron chi connectivity index (χ1n) is 19.1. The number of unbranched alkanes of at least 4 members (excludes halogenated alkanes) is 18. The van der Waals surface area contributed by atoms with Gasteiger partial charge in [-0.25, -0.2) is 0 Å². The number of aryl methyl sites for hydroxylation is 3. The Morgan fingerprint density at radius 1 is 0.578 bits per heavy atom. The molecule has 0 atom stereocenters. The lowest BCUT2D eigenvalue weighted by molar-refractivity contribution is 0.530. The summed E-state index contributed by atoms with van der Waals surface area (Å²) in [7, 11) is 0. The van der Waals surface area contributed by atoms with Crippen LogP contribution in [0.4, 0.5) is 11.4 Å². The average molecular weight is 613 g/mol. The molecule has 0 bridgehead atoms. The summed E-state index contributed by atoms with van der Waals surface area (Å²) in [6.07, 6.45) is 37.6. The smallest absolute Gasteiger partial charge is 0.0665 e. The van der Waals surface area contributed by atoms with Crippen LogP contribution in [0.3, 0.4) is 0 Å². The van der Waals surface area contributed by atoms with Gasteiger partial charge in [0.15, 0.2) is 0 Å². The Morgan fingerprint density at radius 2 is 1.13 bits per heavy atom. The topological polar surface area (TPSA) is 24.7 Å². The highest BCUT2D eigenvalue weighted by Gasteiger charge is 2.04. The van der Waals surface area contributed by atoms with Crippen LogP contribution in [0, 0.1) is 13.8 Å². The van der Waals surface area contributed by atoms with E-state index in [-0.39, 0.29) is 0 Å². The molecular formula is C43H68N2. The largest absolute Gasteiger partial charge is 0.255 e. The van der Waals surface area contributed by atoms with Crippen molar-refractivity contribution in [3.05, 3.63) is 71.3 Å². The van der Waals surface area contributed by atoms with E-state index < -0.39 is 0 Å². The fourth-order valence-electron chi connectivity index (χ4n) is 5.90. The molecule has 0 amide bonds. The first kappa shape index (κ1) is 38.7. The number of rotatable bonds is 27. The van der Waals surface area contributed by atoms with Gasteiger partial charge in [0.25, 0.3) is 0 Å². The molecule has 45 heavy (non-hydrogen) atoms. The van der Waals surface area contributed by atoms with Gasteiger partial charge in [0.1, 0.15) is 0 Å². The maximum atomic E-state index is 5.11. The summed E-state index contributed by atoms with van der Waals surface area (Å²) in [5, 5.41) is 0. The monoisotopic (exact) mass is 613 g/mol. The predicted octanol–water partition coefficient (Wildman–Crippen LogP) is 14.5. The molecule has 0 unspecified atom stereocenters. The van der Waals surface area contributed by atoms with E-state index in [4.69, 9.17) is 9.98 Å².